The van der Waals surface area contributed by atoms with Crippen LogP contribution in [0.4, 0.5) is 4.39 Å². The van der Waals surface area contributed by atoms with Crippen LogP contribution >= 0.6 is 0 Å². The smallest absolute Gasteiger partial charge is 0.218 e. The Hall–Kier alpha value is -1.20. The topological polar surface area (TPSA) is 43.4 Å². The van der Waals surface area contributed by atoms with Crippen molar-refractivity contribution in [1.29, 1.82) is 0 Å². The minimum absolute atomic E-state index is 0.355. The zero-order valence-corrected chi connectivity index (χ0v) is 9.62. The second kappa shape index (κ2) is 7.14. The Balaban J connectivity index is 2.64. The van der Waals surface area contributed by atoms with Gasteiger partial charge in [-0.2, -0.15) is 0 Å². The second-order valence-corrected chi connectivity index (χ2v) is 3.24. The minimum atomic E-state index is -0.355. The van der Waals surface area contributed by atoms with Crippen LogP contribution in [0.2, 0.25) is 0 Å². The number of pyridine rings is 1. The number of nitrogens with one attached hydrogen (secondary N) is 1. The Morgan fingerprint density at radius 2 is 2.25 bits per heavy atom. The SMILES string of the molecule is CCNCc1cc(F)cnc1OCCOC. The fourth-order valence-electron chi connectivity index (χ4n) is 1.21. The van der Waals surface area contributed by atoms with E-state index in [2.05, 4.69) is 10.3 Å². The van der Waals surface area contributed by atoms with E-state index in [0.717, 1.165) is 18.3 Å². The van der Waals surface area contributed by atoms with Gasteiger partial charge in [-0.1, -0.05) is 6.92 Å². The van der Waals surface area contributed by atoms with Gasteiger partial charge in [0, 0.05) is 19.2 Å². The van der Waals surface area contributed by atoms with Crippen molar-refractivity contribution in [3.63, 3.8) is 0 Å². The molecule has 0 saturated carbocycles. The number of hydrogen-bond donors (Lipinski definition) is 1. The summed E-state index contributed by atoms with van der Waals surface area (Å²) in [7, 11) is 1.60. The Bertz CT molecular complexity index is 321. The molecular formula is C11H17FN2O2. The van der Waals surface area contributed by atoms with Crippen LogP contribution in [0.1, 0.15) is 12.5 Å². The molecule has 1 rings (SSSR count). The summed E-state index contributed by atoms with van der Waals surface area (Å²) < 4.78 is 23.2. The fraction of sp³-hybridized carbons (Fsp3) is 0.545. The van der Waals surface area contributed by atoms with Crippen LogP contribution in [-0.4, -0.2) is 31.9 Å². The minimum Gasteiger partial charge on any atom is -0.475 e. The molecule has 5 heteroatoms. The molecule has 90 valence electrons. The highest BCUT2D eigenvalue weighted by molar-refractivity contribution is 5.26. The molecule has 1 aromatic rings. The van der Waals surface area contributed by atoms with Gasteiger partial charge >= 0.3 is 0 Å². The van der Waals surface area contributed by atoms with E-state index in [1.165, 1.54) is 6.07 Å². The van der Waals surface area contributed by atoms with Gasteiger partial charge in [0.25, 0.3) is 0 Å². The van der Waals surface area contributed by atoms with E-state index in [1.54, 1.807) is 7.11 Å². The lowest BCUT2D eigenvalue weighted by Gasteiger charge is -2.10. The van der Waals surface area contributed by atoms with Gasteiger partial charge in [-0.25, -0.2) is 9.37 Å². The van der Waals surface area contributed by atoms with Crippen LogP contribution in [0.5, 0.6) is 5.88 Å². The lowest BCUT2D eigenvalue weighted by atomic mass is 10.2. The molecule has 0 amide bonds. The maximum absolute atomic E-state index is 13.0. The van der Waals surface area contributed by atoms with Crippen LogP contribution in [0.15, 0.2) is 12.3 Å². The summed E-state index contributed by atoms with van der Waals surface area (Å²) in [5.41, 5.74) is 0.720. The molecule has 1 heterocycles. The highest BCUT2D eigenvalue weighted by atomic mass is 19.1. The Kier molecular flexibility index (Phi) is 5.74. The van der Waals surface area contributed by atoms with Gasteiger partial charge in [-0.15, -0.1) is 0 Å². The van der Waals surface area contributed by atoms with Crippen molar-refractivity contribution in [3.05, 3.63) is 23.6 Å². The van der Waals surface area contributed by atoms with E-state index < -0.39 is 0 Å². The lowest BCUT2D eigenvalue weighted by Crippen LogP contribution is -2.15. The second-order valence-electron chi connectivity index (χ2n) is 3.24. The number of aromatic nitrogens is 1. The normalized spacial score (nSPS) is 10.4. The zero-order chi connectivity index (χ0) is 11.8. The van der Waals surface area contributed by atoms with Crippen molar-refractivity contribution in [2.75, 3.05) is 26.9 Å². The van der Waals surface area contributed by atoms with Crippen LogP contribution in [0.3, 0.4) is 0 Å². The van der Waals surface area contributed by atoms with Gasteiger partial charge in [0.15, 0.2) is 0 Å². The van der Waals surface area contributed by atoms with Gasteiger partial charge < -0.3 is 14.8 Å². The van der Waals surface area contributed by atoms with Gasteiger partial charge in [0.1, 0.15) is 12.4 Å². The molecule has 0 aliphatic heterocycles. The summed E-state index contributed by atoms with van der Waals surface area (Å²) >= 11 is 0. The molecule has 0 radical (unpaired) electrons. The molecule has 0 bridgehead atoms. The number of rotatable bonds is 7. The summed E-state index contributed by atoms with van der Waals surface area (Å²) in [4.78, 5) is 3.91. The first-order chi connectivity index (χ1) is 7.77. The molecule has 0 aromatic carbocycles. The van der Waals surface area contributed by atoms with E-state index in [-0.39, 0.29) is 5.82 Å². The predicted octanol–water partition coefficient (Wildman–Crippen LogP) is 1.36. The maximum atomic E-state index is 13.0. The molecule has 0 atom stereocenters. The maximum Gasteiger partial charge on any atom is 0.218 e. The van der Waals surface area contributed by atoms with Crippen molar-refractivity contribution < 1.29 is 13.9 Å². The van der Waals surface area contributed by atoms with E-state index >= 15 is 0 Å². The first-order valence-electron chi connectivity index (χ1n) is 5.24. The van der Waals surface area contributed by atoms with Crippen molar-refractivity contribution in [2.24, 2.45) is 0 Å². The molecule has 0 aliphatic rings. The van der Waals surface area contributed by atoms with Crippen LogP contribution in [0, 0.1) is 5.82 Å². The van der Waals surface area contributed by atoms with Crippen LogP contribution < -0.4 is 10.1 Å². The molecule has 0 aliphatic carbocycles. The summed E-state index contributed by atoms with van der Waals surface area (Å²) in [5, 5.41) is 3.10. The van der Waals surface area contributed by atoms with Gasteiger partial charge in [-0.3, -0.25) is 0 Å². The van der Waals surface area contributed by atoms with Crippen LogP contribution in [-0.2, 0) is 11.3 Å². The first kappa shape index (κ1) is 12.9. The average Bonchev–Trinajstić information content (AvgIpc) is 2.29. The molecule has 0 unspecified atom stereocenters. The first-order valence-corrected chi connectivity index (χ1v) is 5.24. The quantitative estimate of drug-likeness (QED) is 0.715. The summed E-state index contributed by atoms with van der Waals surface area (Å²) in [6.07, 6.45) is 1.15. The standard InChI is InChI=1S/C11H17FN2O2/c1-3-13-7-9-6-10(12)8-14-11(9)16-5-4-15-2/h6,8,13H,3-5,7H2,1-2H3. The predicted molar refractivity (Wildman–Crippen MR) is 58.9 cm³/mol. The van der Waals surface area contributed by atoms with E-state index in [1.807, 2.05) is 6.92 Å². The van der Waals surface area contributed by atoms with Gasteiger partial charge in [0.05, 0.1) is 12.8 Å². The zero-order valence-electron chi connectivity index (χ0n) is 9.62. The summed E-state index contributed by atoms with van der Waals surface area (Å²) in [5.74, 6) is 0.103. The van der Waals surface area contributed by atoms with Crippen molar-refractivity contribution in [1.82, 2.24) is 10.3 Å². The Morgan fingerprint density at radius 3 is 2.94 bits per heavy atom. The largest absolute Gasteiger partial charge is 0.475 e. The third-order valence-electron chi connectivity index (χ3n) is 1.98. The monoisotopic (exact) mass is 228 g/mol. The molecule has 4 nitrogen and oxygen atoms in total. The number of hydrogen-bond acceptors (Lipinski definition) is 4. The Labute approximate surface area is 94.8 Å². The van der Waals surface area contributed by atoms with Gasteiger partial charge in [0.2, 0.25) is 5.88 Å². The number of halogens is 1. The van der Waals surface area contributed by atoms with Crippen molar-refractivity contribution in [3.8, 4) is 5.88 Å². The van der Waals surface area contributed by atoms with Crippen molar-refractivity contribution in [2.45, 2.75) is 13.5 Å². The fourth-order valence-corrected chi connectivity index (χ4v) is 1.21. The molecule has 0 saturated heterocycles. The number of methoxy groups -OCH3 is 1. The molecular weight excluding hydrogens is 211 g/mol. The van der Waals surface area contributed by atoms with E-state index in [9.17, 15) is 4.39 Å². The third-order valence-corrected chi connectivity index (χ3v) is 1.98. The third kappa shape index (κ3) is 4.12. The summed E-state index contributed by atoms with van der Waals surface area (Å²) in [6.45, 7) is 4.24. The highest BCUT2D eigenvalue weighted by Gasteiger charge is 2.06. The Morgan fingerprint density at radius 1 is 1.44 bits per heavy atom. The van der Waals surface area contributed by atoms with Crippen molar-refractivity contribution >= 4 is 0 Å². The highest BCUT2D eigenvalue weighted by Crippen LogP contribution is 2.15. The molecule has 16 heavy (non-hydrogen) atoms. The van der Waals surface area contributed by atoms with Gasteiger partial charge in [-0.05, 0) is 12.6 Å². The molecule has 1 aromatic heterocycles. The average molecular weight is 228 g/mol. The van der Waals surface area contributed by atoms with Crippen LogP contribution in [0.25, 0.3) is 0 Å². The molecule has 0 fully saturated rings. The molecule has 1 N–H and O–H groups in total. The summed E-state index contributed by atoms with van der Waals surface area (Å²) in [6, 6.07) is 1.43. The number of ether oxygens (including phenoxy) is 2. The van der Waals surface area contributed by atoms with E-state index in [0.29, 0.717) is 25.6 Å². The number of nitrogens with zero attached hydrogens (tertiary/aromatic N) is 1. The van der Waals surface area contributed by atoms with E-state index in [4.69, 9.17) is 9.47 Å². The molecule has 0 spiro atoms. The lowest BCUT2D eigenvalue weighted by molar-refractivity contribution is 0.143.